The van der Waals surface area contributed by atoms with Crippen molar-refractivity contribution in [2.75, 3.05) is 13.1 Å². The smallest absolute Gasteiger partial charge is 0.196 e. The Hall–Kier alpha value is -0.360. The second-order valence-electron chi connectivity index (χ2n) is 14.3. The summed E-state index contributed by atoms with van der Waals surface area (Å²) in [5.41, 5.74) is -9.07. The fraction of sp³-hybridized carbons (Fsp3) is 1.00. The first kappa shape index (κ1) is 24.7. The van der Waals surface area contributed by atoms with Crippen LogP contribution in [0.5, 0.6) is 0 Å². The lowest BCUT2D eigenvalue weighted by Gasteiger charge is -2.68. The summed E-state index contributed by atoms with van der Waals surface area (Å²) < 4.78 is 6.52. The second-order valence-corrected chi connectivity index (χ2v) is 14.3. The van der Waals surface area contributed by atoms with Crippen molar-refractivity contribution in [3.05, 3.63) is 0 Å². The number of nitrogens with zero attached hydrogens (tertiary/aromatic N) is 1. The molecule has 4 bridgehead atoms. The summed E-state index contributed by atoms with van der Waals surface area (Å²) in [6, 6.07) is -0.360. The normalized spacial score (nSPS) is 68.0. The lowest BCUT2D eigenvalue weighted by Crippen LogP contribution is -2.85. The van der Waals surface area contributed by atoms with E-state index in [1.807, 2.05) is 6.92 Å². The van der Waals surface area contributed by atoms with E-state index in [1.54, 1.807) is 6.92 Å². The van der Waals surface area contributed by atoms with Gasteiger partial charge in [-0.3, -0.25) is 4.90 Å². The quantitative estimate of drug-likeness (QED) is 0.228. The summed E-state index contributed by atoms with van der Waals surface area (Å²) in [5, 5.41) is 83.2. The van der Waals surface area contributed by atoms with E-state index >= 15 is 0 Å². The van der Waals surface area contributed by atoms with Crippen LogP contribution in [-0.2, 0) is 4.74 Å². The minimum absolute atomic E-state index is 0.0208. The standard InChI is InChI=1S/C27H43NO8/c1-14-4-7-18-22(3,31)26(34)17(12-28(18)11-14)24(33)13-25-16(23(24,32)10-20(26)30)6-5-15-21(25,2)9-8-19(29)27(15,35)36-25/h14-20,29-35H,4-13H2,1-3H3/t14-,15+,16-,17+,18+,19-,20+,21+,22+,23+,24-,25-,26+,27+/m1/s1. The molecule has 7 rings (SSSR count). The molecule has 0 aromatic heterocycles. The number of piperidine rings is 2. The van der Waals surface area contributed by atoms with Gasteiger partial charge in [-0.2, -0.15) is 0 Å². The van der Waals surface area contributed by atoms with E-state index in [0.29, 0.717) is 44.6 Å². The predicted octanol–water partition coefficient (Wildman–Crippen LogP) is -0.526. The number of aliphatic hydroxyl groups is 7. The van der Waals surface area contributed by atoms with Crippen molar-refractivity contribution >= 4 is 0 Å². The van der Waals surface area contributed by atoms with Gasteiger partial charge in [-0.15, -0.1) is 0 Å². The topological polar surface area (TPSA) is 154 Å². The van der Waals surface area contributed by atoms with E-state index in [4.69, 9.17) is 4.74 Å². The number of hydrogen-bond acceptors (Lipinski definition) is 9. The maximum absolute atomic E-state index is 12.7. The van der Waals surface area contributed by atoms with E-state index in [0.717, 1.165) is 6.42 Å². The van der Waals surface area contributed by atoms with Crippen molar-refractivity contribution in [3.63, 3.8) is 0 Å². The summed E-state index contributed by atoms with van der Waals surface area (Å²) in [5.74, 6) is -3.30. The zero-order chi connectivity index (χ0) is 25.9. The molecule has 4 saturated carbocycles. The first-order valence-corrected chi connectivity index (χ1v) is 14.0. The SMILES string of the molecule is C[C@@H]1CC[C@@H]2N(C1)C[C@@H]1[C@](O)([C@@H](O)C[C@]3(O)[C@H]4CC[C@@H]5[C@]6(O)O[C@@]4(C[C@@]13O)[C@@]5(C)CC[C@H]6O)[C@@]2(C)O. The lowest BCUT2D eigenvalue weighted by atomic mass is 9.49. The zero-order valence-corrected chi connectivity index (χ0v) is 21.6. The van der Waals surface area contributed by atoms with Crippen molar-refractivity contribution in [2.45, 2.75) is 124 Å². The van der Waals surface area contributed by atoms with Gasteiger partial charge in [0.05, 0.1) is 11.7 Å². The number of fused-ring (bicyclic) bond motifs is 5. The van der Waals surface area contributed by atoms with Crippen molar-refractivity contribution in [2.24, 2.45) is 29.1 Å². The van der Waals surface area contributed by atoms with Crippen LogP contribution in [-0.4, -0.2) is 106 Å². The molecule has 0 aromatic carbocycles. The molecule has 0 aromatic rings. The van der Waals surface area contributed by atoms with Crippen LogP contribution >= 0.6 is 0 Å². The van der Waals surface area contributed by atoms with Crippen molar-refractivity contribution in [1.82, 2.24) is 4.90 Å². The molecule has 9 nitrogen and oxygen atoms in total. The molecule has 3 saturated heterocycles. The van der Waals surface area contributed by atoms with Gasteiger partial charge in [-0.1, -0.05) is 13.8 Å². The van der Waals surface area contributed by atoms with Gasteiger partial charge in [0, 0.05) is 55.1 Å². The molecule has 14 atom stereocenters. The summed E-state index contributed by atoms with van der Waals surface area (Å²) in [4.78, 5) is 2.12. The Morgan fingerprint density at radius 1 is 0.778 bits per heavy atom. The number of rotatable bonds is 0. The molecule has 7 N–H and O–H groups in total. The van der Waals surface area contributed by atoms with E-state index < -0.39 is 63.3 Å². The number of hydrogen-bond donors (Lipinski definition) is 7. The van der Waals surface area contributed by atoms with Crippen LogP contribution in [0.4, 0.5) is 0 Å². The van der Waals surface area contributed by atoms with Gasteiger partial charge in [0.15, 0.2) is 5.79 Å². The number of ether oxygens (including phenoxy) is 1. The highest BCUT2D eigenvalue weighted by Crippen LogP contribution is 2.78. The summed E-state index contributed by atoms with van der Waals surface area (Å²) in [7, 11) is 0. The highest BCUT2D eigenvalue weighted by molar-refractivity contribution is 5.37. The Morgan fingerprint density at radius 2 is 1.47 bits per heavy atom. The monoisotopic (exact) mass is 509 g/mol. The Morgan fingerprint density at radius 3 is 2.19 bits per heavy atom. The molecular formula is C27H43NO8. The second kappa shape index (κ2) is 6.67. The molecular weight excluding hydrogens is 466 g/mol. The zero-order valence-electron chi connectivity index (χ0n) is 21.6. The molecule has 204 valence electrons. The molecule has 9 heteroatoms. The fourth-order valence-electron chi connectivity index (χ4n) is 11.3. The van der Waals surface area contributed by atoms with Gasteiger partial charge in [-0.25, -0.2) is 0 Å². The summed E-state index contributed by atoms with van der Waals surface area (Å²) in [6.45, 7) is 6.70. The number of aliphatic hydroxyl groups excluding tert-OH is 2. The van der Waals surface area contributed by atoms with Gasteiger partial charge < -0.3 is 40.5 Å². The van der Waals surface area contributed by atoms with Crippen molar-refractivity contribution in [3.8, 4) is 0 Å². The highest BCUT2D eigenvalue weighted by atomic mass is 16.7. The van der Waals surface area contributed by atoms with Crippen LogP contribution in [0.1, 0.15) is 72.1 Å². The molecule has 0 unspecified atom stereocenters. The molecule has 0 radical (unpaired) electrons. The largest absolute Gasteiger partial charge is 0.390 e. The Kier molecular flexibility index (Phi) is 4.57. The average molecular weight is 510 g/mol. The summed E-state index contributed by atoms with van der Waals surface area (Å²) >= 11 is 0. The molecule has 36 heavy (non-hydrogen) atoms. The molecule has 3 heterocycles. The molecule has 0 amide bonds. The van der Waals surface area contributed by atoms with Crippen LogP contribution in [0.3, 0.4) is 0 Å². The minimum atomic E-state index is -2.02. The molecule has 7 fully saturated rings. The first-order valence-electron chi connectivity index (χ1n) is 14.0. The van der Waals surface area contributed by atoms with E-state index in [2.05, 4.69) is 11.8 Å². The van der Waals surface area contributed by atoms with Crippen LogP contribution < -0.4 is 0 Å². The highest BCUT2D eigenvalue weighted by Gasteiger charge is 2.88. The van der Waals surface area contributed by atoms with E-state index in [9.17, 15) is 35.7 Å². The fourth-order valence-corrected chi connectivity index (χ4v) is 11.3. The summed E-state index contributed by atoms with van der Waals surface area (Å²) in [6.07, 6.45) is 0.752. The Labute approximate surface area is 212 Å². The van der Waals surface area contributed by atoms with Crippen molar-refractivity contribution in [1.29, 1.82) is 0 Å². The van der Waals surface area contributed by atoms with Gasteiger partial charge in [-0.05, 0) is 51.4 Å². The average Bonchev–Trinajstić information content (AvgIpc) is 2.97. The third kappa shape index (κ3) is 2.27. The predicted molar refractivity (Wildman–Crippen MR) is 126 cm³/mol. The van der Waals surface area contributed by atoms with E-state index in [-0.39, 0.29) is 31.3 Å². The molecule has 4 aliphatic carbocycles. The van der Waals surface area contributed by atoms with Crippen LogP contribution in [0.25, 0.3) is 0 Å². The third-order valence-corrected chi connectivity index (χ3v) is 13.1. The molecule has 1 spiro atoms. The Balaban J connectivity index is 1.39. The van der Waals surface area contributed by atoms with E-state index in [1.165, 1.54) is 0 Å². The van der Waals surface area contributed by atoms with Gasteiger partial charge in [0.1, 0.15) is 28.5 Å². The maximum atomic E-state index is 12.7. The van der Waals surface area contributed by atoms with Gasteiger partial charge >= 0.3 is 0 Å². The lowest BCUT2D eigenvalue weighted by molar-refractivity contribution is -0.354. The Bertz CT molecular complexity index is 995. The van der Waals surface area contributed by atoms with Crippen LogP contribution in [0.2, 0.25) is 0 Å². The van der Waals surface area contributed by atoms with Crippen LogP contribution in [0.15, 0.2) is 0 Å². The minimum Gasteiger partial charge on any atom is -0.390 e. The van der Waals surface area contributed by atoms with Gasteiger partial charge in [0.2, 0.25) is 0 Å². The van der Waals surface area contributed by atoms with Gasteiger partial charge in [0.25, 0.3) is 0 Å². The molecule has 7 aliphatic rings. The first-order chi connectivity index (χ1) is 16.6. The third-order valence-electron chi connectivity index (χ3n) is 13.1. The maximum Gasteiger partial charge on any atom is 0.196 e. The molecule has 3 aliphatic heterocycles. The van der Waals surface area contributed by atoms with Crippen LogP contribution in [0, 0.1) is 29.1 Å². The van der Waals surface area contributed by atoms with Crippen molar-refractivity contribution < 1.29 is 40.5 Å².